The summed E-state index contributed by atoms with van der Waals surface area (Å²) >= 11 is 0. The minimum Gasteiger partial charge on any atom is -0.393 e. The third kappa shape index (κ3) is 2.20. The van der Waals surface area contributed by atoms with Crippen LogP contribution in [0.5, 0.6) is 0 Å². The van der Waals surface area contributed by atoms with Crippen molar-refractivity contribution in [3.8, 4) is 0 Å². The van der Waals surface area contributed by atoms with E-state index in [0.29, 0.717) is 17.8 Å². The second-order valence-corrected chi connectivity index (χ2v) is 11.2. The predicted octanol–water partition coefficient (Wildman–Crippen LogP) is 4.40. The molecule has 4 nitrogen and oxygen atoms in total. The molecule has 0 aromatic carbocycles. The van der Waals surface area contributed by atoms with Crippen molar-refractivity contribution in [1.82, 2.24) is 0 Å². The zero-order chi connectivity index (χ0) is 20.1. The summed E-state index contributed by atoms with van der Waals surface area (Å²) in [6.45, 7) is 10.4. The number of Topliss-reactive ketones (excluding diaryl/α,β-unsaturated/α-hetero) is 1. The maximum Gasteiger partial charge on any atom is 0.164 e. The first-order chi connectivity index (χ1) is 13.0. The van der Waals surface area contributed by atoms with Crippen molar-refractivity contribution in [3.63, 3.8) is 0 Å². The van der Waals surface area contributed by atoms with E-state index in [2.05, 4.69) is 19.9 Å². The minimum atomic E-state index is -0.792. The molecule has 3 saturated carbocycles. The Morgan fingerprint density at radius 1 is 1.14 bits per heavy atom. The number of hydrogen-bond donors (Lipinski definition) is 1. The number of aliphatic hydroxyl groups excluding tert-OH is 1. The zero-order valence-electron chi connectivity index (χ0n) is 18.1. The van der Waals surface area contributed by atoms with Crippen LogP contribution in [0.1, 0.15) is 79.6 Å². The summed E-state index contributed by atoms with van der Waals surface area (Å²) in [5, 5.41) is 10.2. The molecule has 4 heteroatoms. The Hall–Kier alpha value is -0.710. The zero-order valence-corrected chi connectivity index (χ0v) is 18.1. The number of carbonyl (C=O) groups is 1. The van der Waals surface area contributed by atoms with Gasteiger partial charge in [0.15, 0.2) is 17.2 Å². The number of ether oxygens (including phenoxy) is 2. The molecular formula is C24H36O4. The predicted molar refractivity (Wildman–Crippen MR) is 107 cm³/mol. The van der Waals surface area contributed by atoms with Crippen LogP contribution in [-0.4, -0.2) is 34.5 Å². The van der Waals surface area contributed by atoms with Gasteiger partial charge in [0.1, 0.15) is 0 Å². The summed E-state index contributed by atoms with van der Waals surface area (Å²) in [7, 11) is 0. The van der Waals surface area contributed by atoms with Gasteiger partial charge in [-0.15, -0.1) is 0 Å². The molecule has 28 heavy (non-hydrogen) atoms. The Balaban J connectivity index is 1.54. The van der Waals surface area contributed by atoms with E-state index in [1.54, 1.807) is 6.92 Å². The number of carbonyl (C=O) groups excluding carboxylic acids is 1. The smallest absolute Gasteiger partial charge is 0.164 e. The van der Waals surface area contributed by atoms with E-state index in [1.807, 2.05) is 13.8 Å². The Morgan fingerprint density at radius 3 is 2.61 bits per heavy atom. The topological polar surface area (TPSA) is 55.8 Å². The lowest BCUT2D eigenvalue weighted by molar-refractivity contribution is -0.213. The molecule has 5 rings (SSSR count). The highest BCUT2D eigenvalue weighted by molar-refractivity contribution is 5.88. The van der Waals surface area contributed by atoms with Crippen LogP contribution in [0.15, 0.2) is 11.6 Å². The molecule has 4 aliphatic carbocycles. The van der Waals surface area contributed by atoms with Crippen LogP contribution in [0.2, 0.25) is 0 Å². The fraction of sp³-hybridized carbons (Fsp3) is 0.875. The first-order valence-corrected chi connectivity index (χ1v) is 11.3. The van der Waals surface area contributed by atoms with Gasteiger partial charge in [0.25, 0.3) is 0 Å². The van der Waals surface area contributed by atoms with E-state index in [-0.39, 0.29) is 28.8 Å². The molecule has 8 atom stereocenters. The van der Waals surface area contributed by atoms with Crippen LogP contribution in [0, 0.1) is 28.6 Å². The lowest BCUT2D eigenvalue weighted by Crippen LogP contribution is -2.59. The molecule has 0 bridgehead atoms. The number of ketones is 1. The fourth-order valence-electron chi connectivity index (χ4n) is 8.39. The van der Waals surface area contributed by atoms with Gasteiger partial charge in [0, 0.05) is 5.41 Å². The third-order valence-corrected chi connectivity index (χ3v) is 9.59. The Labute approximate surface area is 169 Å². The highest BCUT2D eigenvalue weighted by Gasteiger charge is 2.74. The van der Waals surface area contributed by atoms with Crippen LogP contribution in [-0.2, 0) is 14.3 Å². The van der Waals surface area contributed by atoms with Crippen molar-refractivity contribution in [2.24, 2.45) is 28.6 Å². The summed E-state index contributed by atoms with van der Waals surface area (Å²) in [6.07, 6.45) is 9.19. The van der Waals surface area contributed by atoms with Crippen molar-refractivity contribution >= 4 is 5.78 Å². The quantitative estimate of drug-likeness (QED) is 0.677. The molecule has 1 saturated heterocycles. The Kier molecular flexibility index (Phi) is 3.93. The molecule has 0 radical (unpaired) electrons. The van der Waals surface area contributed by atoms with Crippen LogP contribution >= 0.6 is 0 Å². The molecule has 1 heterocycles. The van der Waals surface area contributed by atoms with Gasteiger partial charge in [-0.3, -0.25) is 4.79 Å². The summed E-state index contributed by atoms with van der Waals surface area (Å²) in [4.78, 5) is 13.0. The third-order valence-electron chi connectivity index (χ3n) is 9.59. The van der Waals surface area contributed by atoms with E-state index in [4.69, 9.17) is 9.47 Å². The molecule has 4 fully saturated rings. The lowest BCUT2D eigenvalue weighted by Gasteiger charge is -2.59. The number of rotatable bonds is 1. The van der Waals surface area contributed by atoms with Gasteiger partial charge in [-0.05, 0) is 88.9 Å². The van der Waals surface area contributed by atoms with E-state index >= 15 is 0 Å². The summed E-state index contributed by atoms with van der Waals surface area (Å²) in [5.41, 5.74) is 0.754. The maximum absolute atomic E-state index is 13.0. The van der Waals surface area contributed by atoms with Gasteiger partial charge < -0.3 is 14.6 Å². The van der Waals surface area contributed by atoms with Crippen LogP contribution in [0.3, 0.4) is 0 Å². The van der Waals surface area contributed by atoms with Crippen molar-refractivity contribution in [3.05, 3.63) is 11.6 Å². The Bertz CT molecular complexity index is 741. The standard InChI is InChI=1S/C24H36O4/c1-14(25)24-20(27-21(2,3)28-24)13-19-17-7-6-15-12-16(26)8-10-22(15,4)18(17)9-11-23(19,24)5/h6,16-20,26H,7-13H2,1-5H3/t16-,17-,18+,19+,20+,22-,23-,24+/m0/s1. The molecule has 0 aromatic rings. The van der Waals surface area contributed by atoms with Gasteiger partial charge >= 0.3 is 0 Å². The summed E-state index contributed by atoms with van der Waals surface area (Å²) in [5.74, 6) is 1.14. The number of aliphatic hydroxyl groups is 1. The molecule has 1 N–H and O–H groups in total. The summed E-state index contributed by atoms with van der Waals surface area (Å²) in [6, 6.07) is 0. The maximum atomic E-state index is 13.0. The molecule has 0 aromatic heterocycles. The summed E-state index contributed by atoms with van der Waals surface area (Å²) < 4.78 is 12.8. The first kappa shape index (κ1) is 19.3. The highest BCUT2D eigenvalue weighted by Crippen LogP contribution is 2.70. The van der Waals surface area contributed by atoms with Gasteiger partial charge in [-0.2, -0.15) is 0 Å². The molecule has 0 amide bonds. The first-order valence-electron chi connectivity index (χ1n) is 11.3. The number of allylic oxidation sites excluding steroid dienone is 1. The van der Waals surface area contributed by atoms with Crippen molar-refractivity contribution in [1.29, 1.82) is 0 Å². The number of fused-ring (bicyclic) bond motifs is 7. The van der Waals surface area contributed by atoms with Gasteiger partial charge in [0.2, 0.25) is 0 Å². The molecular weight excluding hydrogens is 352 g/mol. The van der Waals surface area contributed by atoms with E-state index < -0.39 is 11.4 Å². The largest absolute Gasteiger partial charge is 0.393 e. The fourth-order valence-corrected chi connectivity index (χ4v) is 8.39. The monoisotopic (exact) mass is 388 g/mol. The van der Waals surface area contributed by atoms with Crippen LogP contribution < -0.4 is 0 Å². The van der Waals surface area contributed by atoms with Crippen molar-refractivity contribution in [2.75, 3.05) is 0 Å². The van der Waals surface area contributed by atoms with Crippen LogP contribution in [0.25, 0.3) is 0 Å². The molecule has 156 valence electrons. The number of hydrogen-bond acceptors (Lipinski definition) is 4. The van der Waals surface area contributed by atoms with E-state index in [0.717, 1.165) is 44.9 Å². The average Bonchev–Trinajstić information content (AvgIpc) is 3.02. The van der Waals surface area contributed by atoms with Gasteiger partial charge in [0.05, 0.1) is 12.2 Å². The average molecular weight is 389 g/mol. The molecule has 0 spiro atoms. The lowest BCUT2D eigenvalue weighted by atomic mass is 9.46. The van der Waals surface area contributed by atoms with Gasteiger partial charge in [-0.1, -0.05) is 25.5 Å². The van der Waals surface area contributed by atoms with Crippen LogP contribution in [0.4, 0.5) is 0 Å². The van der Waals surface area contributed by atoms with E-state index in [1.165, 1.54) is 5.57 Å². The molecule has 5 aliphatic rings. The van der Waals surface area contributed by atoms with Gasteiger partial charge in [-0.25, -0.2) is 0 Å². The minimum absolute atomic E-state index is 0.125. The molecule has 0 unspecified atom stereocenters. The van der Waals surface area contributed by atoms with E-state index in [9.17, 15) is 9.90 Å². The Morgan fingerprint density at radius 2 is 1.89 bits per heavy atom. The SMILES string of the molecule is CC(=O)[C@@]12OC(C)(C)O[C@@H]1C[C@@H]1[C@H]3CC=C4C[C@@H](O)CC[C@]4(C)[C@@H]3CC[C@@]12C. The van der Waals surface area contributed by atoms with Crippen molar-refractivity contribution < 1.29 is 19.4 Å². The normalized spacial score (nSPS) is 54.2. The second-order valence-electron chi connectivity index (χ2n) is 11.2. The van der Waals surface area contributed by atoms with Crippen molar-refractivity contribution in [2.45, 2.75) is 103 Å². The highest BCUT2D eigenvalue weighted by atomic mass is 16.8. The second kappa shape index (κ2) is 5.70. The molecule has 1 aliphatic heterocycles.